The average molecular weight is 465 g/mol. The Hall–Kier alpha value is -3.52. The highest BCUT2D eigenvalue weighted by atomic mass is 19.1. The molecule has 0 radical (unpaired) electrons. The number of rotatable bonds is 7. The molecule has 0 bridgehead atoms. The first kappa shape index (κ1) is 23.6. The topological polar surface area (TPSA) is 78.1 Å². The third-order valence-corrected chi connectivity index (χ3v) is 6.14. The van der Waals surface area contributed by atoms with Crippen molar-refractivity contribution in [3.8, 4) is 0 Å². The largest absolute Gasteiger partial charge is 0.477 e. The minimum atomic E-state index is -1.31. The maximum Gasteiger partial charge on any atom is 0.341 e. The third kappa shape index (κ3) is 4.87. The van der Waals surface area contributed by atoms with Gasteiger partial charge in [-0.15, -0.1) is 0 Å². The van der Waals surface area contributed by atoms with E-state index in [0.717, 1.165) is 24.6 Å². The second-order valence-corrected chi connectivity index (χ2v) is 8.93. The van der Waals surface area contributed by atoms with Crippen LogP contribution in [0.4, 0.5) is 10.1 Å². The zero-order valence-corrected chi connectivity index (χ0v) is 19.7. The van der Waals surface area contributed by atoms with Crippen LogP contribution in [0.1, 0.15) is 34.8 Å². The number of hydrogen-bond donors (Lipinski definition) is 1. The monoisotopic (exact) mass is 464 g/mol. The molecule has 2 heterocycles. The van der Waals surface area contributed by atoms with Crippen LogP contribution in [0.2, 0.25) is 0 Å². The number of carbonyl (C=O) groups is 1. The third-order valence-electron chi connectivity index (χ3n) is 6.14. The van der Waals surface area contributed by atoms with E-state index in [4.69, 9.17) is 4.99 Å². The lowest BCUT2D eigenvalue weighted by Gasteiger charge is -2.20. The van der Waals surface area contributed by atoms with Crippen LogP contribution in [0, 0.1) is 5.82 Å². The van der Waals surface area contributed by atoms with Crippen LogP contribution >= 0.6 is 0 Å². The number of anilines is 1. The predicted molar refractivity (Wildman–Crippen MR) is 133 cm³/mol. The number of carboxylic acids is 1. The van der Waals surface area contributed by atoms with Crippen molar-refractivity contribution >= 4 is 28.8 Å². The van der Waals surface area contributed by atoms with E-state index in [9.17, 15) is 14.7 Å². The van der Waals surface area contributed by atoms with Crippen LogP contribution in [-0.2, 0) is 13.1 Å². The van der Waals surface area contributed by atoms with Gasteiger partial charge in [-0.25, -0.2) is 9.18 Å². The van der Waals surface area contributed by atoms with E-state index in [2.05, 4.69) is 17.0 Å². The Bertz CT molecular complexity index is 1300. The molecule has 0 saturated carbocycles. The zero-order valence-electron chi connectivity index (χ0n) is 19.7. The number of halogens is 1. The van der Waals surface area contributed by atoms with Crippen LogP contribution in [-0.4, -0.2) is 60.0 Å². The molecule has 1 saturated heterocycles. The quantitative estimate of drug-likeness (QED) is 0.541. The molecule has 1 fully saturated rings. The smallest absolute Gasteiger partial charge is 0.341 e. The van der Waals surface area contributed by atoms with Crippen LogP contribution in [0.3, 0.4) is 0 Å². The van der Waals surface area contributed by atoms with Gasteiger partial charge in [-0.1, -0.05) is 24.3 Å². The fraction of sp³-hybridized carbons (Fsp3) is 0.346. The Balaban J connectivity index is 1.54. The van der Waals surface area contributed by atoms with Gasteiger partial charge in [0.25, 0.3) is 0 Å². The van der Waals surface area contributed by atoms with Gasteiger partial charge < -0.3 is 19.5 Å². The number of fused-ring (bicyclic) bond motifs is 1. The van der Waals surface area contributed by atoms with Gasteiger partial charge in [0.05, 0.1) is 17.2 Å². The van der Waals surface area contributed by atoms with Gasteiger partial charge in [0, 0.05) is 44.0 Å². The minimum absolute atomic E-state index is 0.0410. The molecule has 1 aromatic heterocycles. The van der Waals surface area contributed by atoms with Crippen LogP contribution in [0.15, 0.2) is 52.4 Å². The van der Waals surface area contributed by atoms with Gasteiger partial charge in [0.1, 0.15) is 11.4 Å². The SMILES string of the molecule is CCn1cc(C(=O)O)c(=O)c2cc(F)c(N3CCC(N=Cc4ccc(CN(C)C)cc4)C3)cc21. The highest BCUT2D eigenvalue weighted by molar-refractivity contribution is 5.93. The molecule has 178 valence electrons. The zero-order chi connectivity index (χ0) is 24.4. The van der Waals surface area contributed by atoms with Gasteiger partial charge in [0.2, 0.25) is 5.43 Å². The molecule has 8 heteroatoms. The molecule has 7 nitrogen and oxygen atoms in total. The Kier molecular flexibility index (Phi) is 6.79. The van der Waals surface area contributed by atoms with Crippen molar-refractivity contribution in [2.75, 3.05) is 32.1 Å². The van der Waals surface area contributed by atoms with Gasteiger partial charge in [-0.05, 0) is 50.7 Å². The fourth-order valence-electron chi connectivity index (χ4n) is 4.40. The Morgan fingerprint density at radius 1 is 1.26 bits per heavy atom. The summed E-state index contributed by atoms with van der Waals surface area (Å²) in [4.78, 5) is 32.8. The molecule has 0 spiro atoms. The molecule has 3 aromatic rings. The first-order valence-electron chi connectivity index (χ1n) is 11.4. The van der Waals surface area contributed by atoms with Gasteiger partial charge in [-0.3, -0.25) is 9.79 Å². The van der Waals surface area contributed by atoms with Gasteiger partial charge in [0.15, 0.2) is 0 Å². The average Bonchev–Trinajstić information content (AvgIpc) is 3.27. The maximum absolute atomic E-state index is 15.0. The first-order valence-corrected chi connectivity index (χ1v) is 11.4. The highest BCUT2D eigenvalue weighted by Crippen LogP contribution is 2.29. The van der Waals surface area contributed by atoms with Crippen molar-refractivity contribution in [1.82, 2.24) is 9.47 Å². The molecule has 4 rings (SSSR count). The van der Waals surface area contributed by atoms with E-state index in [1.54, 1.807) is 10.6 Å². The van der Waals surface area contributed by atoms with E-state index < -0.39 is 17.2 Å². The minimum Gasteiger partial charge on any atom is -0.477 e. The number of carboxylic acid groups (broad SMARTS) is 1. The van der Waals surface area contributed by atoms with Crippen LogP contribution in [0.5, 0.6) is 0 Å². The number of nitrogens with zero attached hydrogens (tertiary/aromatic N) is 4. The molecule has 1 N–H and O–H groups in total. The van der Waals surface area contributed by atoms with Crippen molar-refractivity contribution in [3.05, 3.63) is 75.3 Å². The van der Waals surface area contributed by atoms with Gasteiger partial charge in [-0.2, -0.15) is 0 Å². The number of hydrogen-bond acceptors (Lipinski definition) is 5. The number of aliphatic imine (C=N–C) groups is 1. The molecule has 1 atom stereocenters. The summed E-state index contributed by atoms with van der Waals surface area (Å²) in [5.41, 5.74) is 2.17. The Morgan fingerprint density at radius 3 is 2.65 bits per heavy atom. The lowest BCUT2D eigenvalue weighted by Crippen LogP contribution is -2.23. The fourth-order valence-corrected chi connectivity index (χ4v) is 4.40. The lowest BCUT2D eigenvalue weighted by molar-refractivity contribution is 0.0695. The van der Waals surface area contributed by atoms with E-state index in [1.165, 1.54) is 11.8 Å². The summed E-state index contributed by atoms with van der Waals surface area (Å²) in [7, 11) is 4.07. The Morgan fingerprint density at radius 2 is 2.00 bits per heavy atom. The number of aromatic nitrogens is 1. The summed E-state index contributed by atoms with van der Waals surface area (Å²) in [5, 5.41) is 9.40. The molecule has 1 aliphatic rings. The van der Waals surface area contributed by atoms with Crippen molar-refractivity contribution in [3.63, 3.8) is 0 Å². The number of aromatic carboxylic acids is 1. The summed E-state index contributed by atoms with van der Waals surface area (Å²) in [6, 6.07) is 11.1. The van der Waals surface area contributed by atoms with E-state index in [1.807, 2.05) is 44.3 Å². The summed E-state index contributed by atoms with van der Waals surface area (Å²) >= 11 is 0. The molecule has 34 heavy (non-hydrogen) atoms. The molecular weight excluding hydrogens is 435 g/mol. The number of pyridine rings is 1. The molecular formula is C26H29FN4O3. The normalized spacial score (nSPS) is 16.3. The number of benzene rings is 2. The Labute approximate surface area is 197 Å². The van der Waals surface area contributed by atoms with Crippen LogP contribution in [0.25, 0.3) is 10.9 Å². The molecule has 0 amide bonds. The van der Waals surface area contributed by atoms with Crippen molar-refractivity contribution in [2.24, 2.45) is 4.99 Å². The second kappa shape index (κ2) is 9.77. The molecule has 1 aliphatic heterocycles. The highest BCUT2D eigenvalue weighted by Gasteiger charge is 2.25. The summed E-state index contributed by atoms with van der Waals surface area (Å²) < 4.78 is 16.7. The first-order chi connectivity index (χ1) is 16.3. The summed E-state index contributed by atoms with van der Waals surface area (Å²) in [5.74, 6) is -1.85. The number of aryl methyl sites for hydroxylation is 1. The molecule has 0 aliphatic carbocycles. The van der Waals surface area contributed by atoms with Gasteiger partial charge >= 0.3 is 5.97 Å². The van der Waals surface area contributed by atoms with E-state index >= 15 is 4.39 Å². The van der Waals surface area contributed by atoms with Crippen LogP contribution < -0.4 is 10.3 Å². The predicted octanol–water partition coefficient (Wildman–Crippen LogP) is 3.62. The van der Waals surface area contributed by atoms with E-state index in [0.29, 0.717) is 30.8 Å². The summed E-state index contributed by atoms with van der Waals surface area (Å²) in [6.45, 7) is 4.42. The molecule has 1 unspecified atom stereocenters. The standard InChI is InChI=1S/C26H29FN4O3/c1-4-30-16-21(26(33)34)25(32)20-11-22(27)24(12-23(20)30)31-10-9-19(15-31)28-13-17-5-7-18(8-6-17)14-29(2)3/h5-8,11-13,16,19H,4,9-10,14-15H2,1-3H3,(H,33,34). The van der Waals surface area contributed by atoms with E-state index in [-0.39, 0.29) is 17.0 Å². The maximum atomic E-state index is 15.0. The van der Waals surface area contributed by atoms with Crippen molar-refractivity contribution in [2.45, 2.75) is 32.5 Å². The molecule has 2 aromatic carbocycles. The second-order valence-electron chi connectivity index (χ2n) is 8.93. The van der Waals surface area contributed by atoms with Crippen molar-refractivity contribution < 1.29 is 14.3 Å². The summed E-state index contributed by atoms with van der Waals surface area (Å²) in [6.07, 6.45) is 3.99. The lowest BCUT2D eigenvalue weighted by atomic mass is 10.1. The van der Waals surface area contributed by atoms with Crippen molar-refractivity contribution in [1.29, 1.82) is 0 Å².